The Morgan fingerprint density at radius 3 is 1.45 bits per heavy atom. The lowest BCUT2D eigenvalue weighted by atomic mass is 10.3. The average Bonchev–Trinajstić information content (AvgIpc) is 1.87. The van der Waals surface area contributed by atoms with Crippen LogP contribution in [0.5, 0.6) is 0 Å². The highest BCUT2D eigenvalue weighted by atomic mass is 19.4. The molecule has 0 saturated heterocycles. The molecule has 0 aliphatic heterocycles. The van der Waals surface area contributed by atoms with Gasteiger partial charge >= 0.3 is 18.4 Å². The maximum atomic E-state index is 11.5. The maximum absolute atomic E-state index is 11.5. The van der Waals surface area contributed by atoms with Gasteiger partial charge in [0.2, 0.25) is 0 Å². The Labute approximate surface area is 56.1 Å². The molecule has 0 fully saturated rings. The zero-order valence-corrected chi connectivity index (χ0v) is 4.72. The summed E-state index contributed by atoms with van der Waals surface area (Å²) in [6.07, 6.45) is -4.62. The molecule has 0 aromatic carbocycles. The molecule has 1 nitrogen and oxygen atoms in total. The van der Waals surface area contributed by atoms with Crippen LogP contribution in [0.4, 0.5) is 30.8 Å². The Balaban J connectivity index is 4.53. The molecule has 0 aromatic heterocycles. The van der Waals surface area contributed by atoms with E-state index in [1.165, 1.54) is 0 Å². The molecule has 0 saturated carbocycles. The van der Waals surface area contributed by atoms with Crippen LogP contribution in [0.25, 0.3) is 0 Å². The first-order chi connectivity index (χ1) is 4.75. The molecule has 1 N–H and O–H groups in total. The fourth-order valence-corrected chi connectivity index (χ4v) is 0.200. The summed E-state index contributed by atoms with van der Waals surface area (Å²) >= 11 is 0. The van der Waals surface area contributed by atoms with Gasteiger partial charge in [-0.05, 0) is 0 Å². The fraction of sp³-hybridized carbons (Fsp3) is 1.00. The molecule has 0 spiro atoms. The highest BCUT2D eigenvalue weighted by molar-refractivity contribution is 4.82. The van der Waals surface area contributed by atoms with Crippen molar-refractivity contribution in [1.29, 1.82) is 0 Å². The Morgan fingerprint density at radius 2 is 1.36 bits per heavy atom. The predicted molar refractivity (Wildman–Crippen MR) is 20.1 cm³/mol. The minimum Gasteiger partial charge on any atom is -0.203 e. The van der Waals surface area contributed by atoms with Crippen molar-refractivity contribution in [3.05, 3.63) is 0 Å². The van der Waals surface area contributed by atoms with E-state index in [0.29, 0.717) is 0 Å². The monoisotopic (exact) mass is 185 g/mol. The van der Waals surface area contributed by atoms with Crippen LogP contribution in [0.15, 0.2) is 0 Å². The van der Waals surface area contributed by atoms with Gasteiger partial charge in [-0.2, -0.15) is 17.6 Å². The van der Waals surface area contributed by atoms with Crippen molar-refractivity contribution < 1.29 is 30.8 Å². The summed E-state index contributed by atoms with van der Waals surface area (Å²) < 4.78 is 78.9. The Morgan fingerprint density at radius 1 is 1.00 bits per heavy atom. The molecule has 0 unspecified atom stereocenters. The third-order valence-corrected chi connectivity index (χ3v) is 0.811. The first kappa shape index (κ1) is 10.5. The summed E-state index contributed by atoms with van der Waals surface area (Å²) in [5.41, 5.74) is -0.700. The van der Waals surface area contributed by atoms with E-state index in [1.54, 1.807) is 0 Å². The SMILES string of the molecule is FNC(F)(F)C(F)(F)C(F)F. The van der Waals surface area contributed by atoms with E-state index in [-0.39, 0.29) is 0 Å². The lowest BCUT2D eigenvalue weighted by Crippen LogP contribution is -2.53. The third kappa shape index (κ3) is 1.73. The molecule has 0 aliphatic rings. The van der Waals surface area contributed by atoms with Crippen LogP contribution < -0.4 is 5.54 Å². The van der Waals surface area contributed by atoms with E-state index in [1.807, 2.05) is 0 Å². The first-order valence-electron chi connectivity index (χ1n) is 2.17. The topological polar surface area (TPSA) is 12.0 Å². The van der Waals surface area contributed by atoms with E-state index in [0.717, 1.165) is 0 Å². The molecule has 0 amide bonds. The maximum Gasteiger partial charge on any atom is 0.395 e. The van der Waals surface area contributed by atoms with Crippen molar-refractivity contribution in [1.82, 2.24) is 5.54 Å². The van der Waals surface area contributed by atoms with Crippen LogP contribution in [0.3, 0.4) is 0 Å². The second-order valence-corrected chi connectivity index (χ2v) is 1.59. The number of alkyl halides is 6. The minimum absolute atomic E-state index is 0.700. The average molecular weight is 185 g/mol. The molecule has 0 atom stereocenters. The van der Waals surface area contributed by atoms with Gasteiger partial charge in [-0.25, -0.2) is 8.78 Å². The zero-order chi connectivity index (χ0) is 9.28. The van der Waals surface area contributed by atoms with Gasteiger partial charge in [0.25, 0.3) is 0 Å². The zero-order valence-electron chi connectivity index (χ0n) is 4.72. The van der Waals surface area contributed by atoms with Crippen molar-refractivity contribution in [2.75, 3.05) is 0 Å². The number of hydrogen-bond acceptors (Lipinski definition) is 1. The summed E-state index contributed by atoms with van der Waals surface area (Å²) in [4.78, 5) is 0. The van der Waals surface area contributed by atoms with Crippen LogP contribution in [0.2, 0.25) is 0 Å². The summed E-state index contributed by atoms with van der Waals surface area (Å²) in [5.74, 6) is -5.71. The van der Waals surface area contributed by atoms with E-state index in [9.17, 15) is 30.8 Å². The molecule has 68 valence electrons. The van der Waals surface area contributed by atoms with Crippen molar-refractivity contribution in [3.63, 3.8) is 0 Å². The molecule has 8 heteroatoms. The Hall–Kier alpha value is -0.530. The molecule has 0 aliphatic carbocycles. The number of hydrogen-bond donors (Lipinski definition) is 1. The molecular weight excluding hydrogens is 183 g/mol. The molecule has 0 aromatic rings. The molecule has 0 bridgehead atoms. The standard InChI is InChI=1S/C3H2F7N/c4-1(5)2(6,7)3(8,9)11-10/h1,11H. The smallest absolute Gasteiger partial charge is 0.203 e. The van der Waals surface area contributed by atoms with Crippen LogP contribution in [-0.2, 0) is 0 Å². The summed E-state index contributed by atoms with van der Waals surface area (Å²) in [5, 5.41) is 0. The Kier molecular flexibility index (Phi) is 2.70. The summed E-state index contributed by atoms with van der Waals surface area (Å²) in [6, 6.07) is -5.54. The highest BCUT2D eigenvalue weighted by Gasteiger charge is 2.63. The second kappa shape index (κ2) is 2.84. The van der Waals surface area contributed by atoms with Gasteiger partial charge in [0.1, 0.15) is 0 Å². The van der Waals surface area contributed by atoms with Crippen LogP contribution >= 0.6 is 0 Å². The van der Waals surface area contributed by atoms with Crippen molar-refractivity contribution in [2.24, 2.45) is 0 Å². The number of nitrogens with one attached hydrogen (secondary N) is 1. The molecule has 0 heterocycles. The molecule has 11 heavy (non-hydrogen) atoms. The van der Waals surface area contributed by atoms with Crippen molar-refractivity contribution in [2.45, 2.75) is 18.4 Å². The Bertz CT molecular complexity index is 132. The molecule has 0 rings (SSSR count). The van der Waals surface area contributed by atoms with E-state index < -0.39 is 23.9 Å². The van der Waals surface area contributed by atoms with Gasteiger partial charge in [-0.3, -0.25) is 0 Å². The van der Waals surface area contributed by atoms with Crippen LogP contribution in [-0.4, -0.2) is 18.4 Å². The number of halogens is 7. The van der Waals surface area contributed by atoms with Gasteiger partial charge in [-0.15, -0.1) is 4.48 Å². The lowest BCUT2D eigenvalue weighted by Gasteiger charge is -2.22. The van der Waals surface area contributed by atoms with Crippen LogP contribution in [0, 0.1) is 0 Å². The third-order valence-electron chi connectivity index (χ3n) is 0.811. The van der Waals surface area contributed by atoms with Gasteiger partial charge in [0, 0.05) is 0 Å². The molecular formula is C3H2F7N. The normalized spacial score (nSPS) is 14.2. The van der Waals surface area contributed by atoms with Gasteiger partial charge in [-0.1, -0.05) is 5.54 Å². The lowest BCUT2D eigenvalue weighted by molar-refractivity contribution is -0.293. The van der Waals surface area contributed by atoms with E-state index in [2.05, 4.69) is 0 Å². The first-order valence-corrected chi connectivity index (χ1v) is 2.17. The predicted octanol–water partition coefficient (Wildman–Crippen LogP) is 1.95. The van der Waals surface area contributed by atoms with Crippen molar-refractivity contribution >= 4 is 0 Å². The largest absolute Gasteiger partial charge is 0.395 e. The van der Waals surface area contributed by atoms with E-state index in [4.69, 9.17) is 0 Å². The van der Waals surface area contributed by atoms with Crippen LogP contribution in [0.1, 0.15) is 0 Å². The summed E-state index contributed by atoms with van der Waals surface area (Å²) in [6.45, 7) is 0. The quantitative estimate of drug-likeness (QED) is 0.402. The number of rotatable bonds is 3. The molecule has 0 radical (unpaired) electrons. The highest BCUT2D eigenvalue weighted by Crippen LogP contribution is 2.36. The van der Waals surface area contributed by atoms with Gasteiger partial charge in [0.05, 0.1) is 0 Å². The summed E-state index contributed by atoms with van der Waals surface area (Å²) in [7, 11) is 0. The van der Waals surface area contributed by atoms with Gasteiger partial charge in [0.15, 0.2) is 0 Å². The fourth-order valence-electron chi connectivity index (χ4n) is 0.200. The van der Waals surface area contributed by atoms with E-state index >= 15 is 0 Å². The van der Waals surface area contributed by atoms with Crippen molar-refractivity contribution in [3.8, 4) is 0 Å². The second-order valence-electron chi connectivity index (χ2n) is 1.59. The van der Waals surface area contributed by atoms with Gasteiger partial charge < -0.3 is 0 Å². The minimum atomic E-state index is -5.71.